The molecule has 0 amide bonds. The van der Waals surface area contributed by atoms with Gasteiger partial charge in [-0.15, -0.1) is 0 Å². The van der Waals surface area contributed by atoms with Crippen molar-refractivity contribution < 1.29 is 13.5 Å². The van der Waals surface area contributed by atoms with E-state index in [1.807, 2.05) is 6.07 Å². The summed E-state index contributed by atoms with van der Waals surface area (Å²) in [4.78, 5) is 0.340. The molecule has 2 aliphatic heterocycles. The van der Waals surface area contributed by atoms with Crippen molar-refractivity contribution in [2.45, 2.75) is 36.7 Å². The Hall–Kier alpha value is -1.11. The molecule has 1 aromatic rings. The van der Waals surface area contributed by atoms with Crippen LogP contribution in [0.15, 0.2) is 23.1 Å². The summed E-state index contributed by atoms with van der Waals surface area (Å²) in [7, 11) is -3.45. The third-order valence-electron chi connectivity index (χ3n) is 4.23. The van der Waals surface area contributed by atoms with Crippen molar-refractivity contribution in [2.75, 3.05) is 25.0 Å². The van der Waals surface area contributed by atoms with Gasteiger partial charge in [0.25, 0.3) is 0 Å². The molecule has 1 saturated heterocycles. The number of nitrogens with one attached hydrogen (secondary N) is 1. The second-order valence-electron chi connectivity index (χ2n) is 5.90. The van der Waals surface area contributed by atoms with Crippen LogP contribution in [-0.2, 0) is 16.4 Å². The molecule has 3 rings (SSSR count). The Morgan fingerprint density at radius 2 is 2.00 bits per heavy atom. The number of rotatable bonds is 2. The van der Waals surface area contributed by atoms with E-state index in [0.717, 1.165) is 18.7 Å². The predicted molar refractivity (Wildman–Crippen MR) is 77.3 cm³/mol. The van der Waals surface area contributed by atoms with Crippen LogP contribution in [0.3, 0.4) is 0 Å². The van der Waals surface area contributed by atoms with Crippen molar-refractivity contribution in [3.8, 4) is 0 Å². The van der Waals surface area contributed by atoms with Gasteiger partial charge in [0.1, 0.15) is 0 Å². The maximum absolute atomic E-state index is 12.6. The normalized spacial score (nSPS) is 22.3. The molecule has 2 aliphatic rings. The van der Waals surface area contributed by atoms with Gasteiger partial charge in [-0.1, -0.05) is 6.07 Å². The first-order chi connectivity index (χ1) is 9.38. The van der Waals surface area contributed by atoms with E-state index in [-0.39, 0.29) is 0 Å². The van der Waals surface area contributed by atoms with Gasteiger partial charge in [-0.2, -0.15) is 4.31 Å². The smallest absolute Gasteiger partial charge is 0.243 e. The maximum atomic E-state index is 12.6. The van der Waals surface area contributed by atoms with Crippen LogP contribution >= 0.6 is 0 Å². The average molecular weight is 296 g/mol. The van der Waals surface area contributed by atoms with E-state index in [9.17, 15) is 13.5 Å². The molecule has 0 spiro atoms. The van der Waals surface area contributed by atoms with Crippen LogP contribution in [0.5, 0.6) is 0 Å². The molecule has 20 heavy (non-hydrogen) atoms. The Morgan fingerprint density at radius 3 is 2.70 bits per heavy atom. The molecular formula is C14H20N2O3S. The molecule has 110 valence electrons. The van der Waals surface area contributed by atoms with E-state index >= 15 is 0 Å². The van der Waals surface area contributed by atoms with Crippen LogP contribution in [0.4, 0.5) is 5.69 Å². The quantitative estimate of drug-likeness (QED) is 0.860. The fourth-order valence-electron chi connectivity index (χ4n) is 2.79. The number of nitrogens with zero attached hydrogens (tertiary/aromatic N) is 1. The average Bonchev–Trinajstić information content (AvgIpc) is 2.85. The van der Waals surface area contributed by atoms with Gasteiger partial charge in [-0.05, 0) is 43.9 Å². The molecule has 0 saturated carbocycles. The number of benzene rings is 1. The standard InChI is InChI=1S/C14H20N2O3S/c1-14(17)5-8-16(9-6-14)20(18,19)12-3-2-11-4-7-15-13(11)10-12/h2-3,10,15,17H,4-9H2,1H3. The van der Waals surface area contributed by atoms with Gasteiger partial charge >= 0.3 is 0 Å². The summed E-state index contributed by atoms with van der Waals surface area (Å²) in [6.45, 7) is 3.38. The molecule has 6 heteroatoms. The lowest BCUT2D eigenvalue weighted by atomic mass is 9.95. The van der Waals surface area contributed by atoms with Crippen molar-refractivity contribution >= 4 is 15.7 Å². The van der Waals surface area contributed by atoms with Gasteiger partial charge in [0.15, 0.2) is 0 Å². The molecule has 0 radical (unpaired) electrons. The molecule has 0 aliphatic carbocycles. The second kappa shape index (κ2) is 4.72. The van der Waals surface area contributed by atoms with Gasteiger partial charge in [0.2, 0.25) is 10.0 Å². The molecular weight excluding hydrogens is 276 g/mol. The first-order valence-corrected chi connectivity index (χ1v) is 8.42. The Bertz CT molecular complexity index is 615. The van der Waals surface area contributed by atoms with E-state index in [1.165, 1.54) is 9.87 Å². The van der Waals surface area contributed by atoms with Gasteiger partial charge in [0, 0.05) is 25.3 Å². The topological polar surface area (TPSA) is 69.6 Å². The highest BCUT2D eigenvalue weighted by molar-refractivity contribution is 7.89. The minimum absolute atomic E-state index is 0.340. The number of aliphatic hydroxyl groups is 1. The maximum Gasteiger partial charge on any atom is 0.243 e. The summed E-state index contributed by atoms with van der Waals surface area (Å²) in [5.74, 6) is 0. The summed E-state index contributed by atoms with van der Waals surface area (Å²) in [5.41, 5.74) is 1.35. The molecule has 2 N–H and O–H groups in total. The molecule has 1 aromatic carbocycles. The van der Waals surface area contributed by atoms with E-state index in [4.69, 9.17) is 0 Å². The fourth-order valence-corrected chi connectivity index (χ4v) is 4.26. The highest BCUT2D eigenvalue weighted by Crippen LogP contribution is 2.30. The van der Waals surface area contributed by atoms with Crippen molar-refractivity contribution in [2.24, 2.45) is 0 Å². The molecule has 2 heterocycles. The zero-order valence-electron chi connectivity index (χ0n) is 11.6. The molecule has 0 atom stereocenters. The Balaban J connectivity index is 1.85. The number of fused-ring (bicyclic) bond motifs is 1. The largest absolute Gasteiger partial charge is 0.390 e. The first kappa shape index (κ1) is 13.9. The van der Waals surface area contributed by atoms with E-state index in [2.05, 4.69) is 5.32 Å². The Kier molecular flexibility index (Phi) is 3.27. The zero-order chi connectivity index (χ0) is 14.4. The number of piperidine rings is 1. The summed E-state index contributed by atoms with van der Waals surface area (Å²) < 4.78 is 26.7. The highest BCUT2D eigenvalue weighted by Gasteiger charge is 2.34. The summed E-state index contributed by atoms with van der Waals surface area (Å²) in [6, 6.07) is 5.31. The van der Waals surface area contributed by atoms with E-state index in [0.29, 0.717) is 30.8 Å². The molecule has 0 aromatic heterocycles. The lowest BCUT2D eigenvalue weighted by molar-refractivity contribution is 0.0126. The third-order valence-corrected chi connectivity index (χ3v) is 6.12. The third kappa shape index (κ3) is 2.43. The molecule has 0 unspecified atom stereocenters. The summed E-state index contributed by atoms with van der Waals surface area (Å²) >= 11 is 0. The minimum atomic E-state index is -3.45. The minimum Gasteiger partial charge on any atom is -0.390 e. The predicted octanol–water partition coefficient (Wildman–Crippen LogP) is 1.19. The monoisotopic (exact) mass is 296 g/mol. The van der Waals surface area contributed by atoms with Gasteiger partial charge in [0.05, 0.1) is 10.5 Å². The highest BCUT2D eigenvalue weighted by atomic mass is 32.2. The van der Waals surface area contributed by atoms with Gasteiger partial charge < -0.3 is 10.4 Å². The number of hydrogen-bond donors (Lipinski definition) is 2. The van der Waals surface area contributed by atoms with Crippen LogP contribution in [-0.4, -0.2) is 43.1 Å². The summed E-state index contributed by atoms with van der Waals surface area (Å²) in [6.07, 6.45) is 1.91. The van der Waals surface area contributed by atoms with Crippen molar-refractivity contribution in [1.82, 2.24) is 4.31 Å². The van der Waals surface area contributed by atoms with Crippen LogP contribution in [0, 0.1) is 0 Å². The van der Waals surface area contributed by atoms with Crippen LogP contribution in [0.1, 0.15) is 25.3 Å². The number of anilines is 1. The lowest BCUT2D eigenvalue weighted by Gasteiger charge is -2.35. The molecule has 0 bridgehead atoms. The molecule has 5 nitrogen and oxygen atoms in total. The Morgan fingerprint density at radius 1 is 1.30 bits per heavy atom. The van der Waals surface area contributed by atoms with Crippen molar-refractivity contribution in [3.63, 3.8) is 0 Å². The van der Waals surface area contributed by atoms with Crippen LogP contribution < -0.4 is 5.32 Å². The van der Waals surface area contributed by atoms with Gasteiger partial charge in [-0.25, -0.2) is 8.42 Å². The molecule has 1 fully saturated rings. The van der Waals surface area contributed by atoms with Crippen LogP contribution in [0.25, 0.3) is 0 Å². The number of sulfonamides is 1. The second-order valence-corrected chi connectivity index (χ2v) is 7.83. The fraction of sp³-hybridized carbons (Fsp3) is 0.571. The van der Waals surface area contributed by atoms with E-state index in [1.54, 1.807) is 19.1 Å². The van der Waals surface area contributed by atoms with Crippen molar-refractivity contribution in [3.05, 3.63) is 23.8 Å². The number of hydrogen-bond acceptors (Lipinski definition) is 4. The zero-order valence-corrected chi connectivity index (χ0v) is 12.4. The van der Waals surface area contributed by atoms with Crippen molar-refractivity contribution in [1.29, 1.82) is 0 Å². The first-order valence-electron chi connectivity index (χ1n) is 6.98. The SMILES string of the molecule is CC1(O)CCN(S(=O)(=O)c2ccc3c(c2)NCC3)CC1. The lowest BCUT2D eigenvalue weighted by Crippen LogP contribution is -2.45. The summed E-state index contributed by atoms with van der Waals surface area (Å²) in [5, 5.41) is 13.1. The van der Waals surface area contributed by atoms with Gasteiger partial charge in [-0.3, -0.25) is 0 Å². The Labute approximate surface area is 119 Å². The van der Waals surface area contributed by atoms with E-state index < -0.39 is 15.6 Å². The van der Waals surface area contributed by atoms with Crippen LogP contribution in [0.2, 0.25) is 0 Å².